The fraction of sp³-hybridized carbons (Fsp3) is 0.0769. The normalized spacial score (nSPS) is 11.1. The second-order valence-electron chi connectivity index (χ2n) is 4.04. The van der Waals surface area contributed by atoms with E-state index in [1.165, 1.54) is 12.1 Å². The Morgan fingerprint density at radius 1 is 1.24 bits per heavy atom. The van der Waals surface area contributed by atoms with Crippen LogP contribution in [0.2, 0.25) is 0 Å². The Morgan fingerprint density at radius 2 is 2.06 bits per heavy atom. The van der Waals surface area contributed by atoms with Gasteiger partial charge in [-0.2, -0.15) is 0 Å². The van der Waals surface area contributed by atoms with Gasteiger partial charge in [-0.3, -0.25) is 9.20 Å². The van der Waals surface area contributed by atoms with Crippen molar-refractivity contribution in [3.05, 3.63) is 52.3 Å². The van der Waals surface area contributed by atoms with Crippen molar-refractivity contribution >= 4 is 16.7 Å². The van der Waals surface area contributed by atoms with Gasteiger partial charge in [-0.25, -0.2) is 4.98 Å². The Kier molecular flexibility index (Phi) is 1.92. The topological polar surface area (TPSA) is 54.6 Å². The third-order valence-electron chi connectivity index (χ3n) is 2.75. The molecule has 0 bridgehead atoms. The van der Waals surface area contributed by atoms with E-state index in [2.05, 4.69) is 4.98 Å². The van der Waals surface area contributed by atoms with Gasteiger partial charge in [-0.1, -0.05) is 6.07 Å². The molecule has 0 saturated carbocycles. The molecule has 0 aliphatic heterocycles. The van der Waals surface area contributed by atoms with Gasteiger partial charge < -0.3 is 5.11 Å². The van der Waals surface area contributed by atoms with Crippen molar-refractivity contribution in [2.75, 3.05) is 0 Å². The second-order valence-corrected chi connectivity index (χ2v) is 4.04. The van der Waals surface area contributed by atoms with Gasteiger partial charge in [0.2, 0.25) is 5.43 Å². The molecule has 0 radical (unpaired) electrons. The van der Waals surface area contributed by atoms with Gasteiger partial charge in [-0.05, 0) is 30.7 Å². The van der Waals surface area contributed by atoms with Gasteiger partial charge >= 0.3 is 0 Å². The van der Waals surface area contributed by atoms with Crippen molar-refractivity contribution in [1.29, 1.82) is 0 Å². The highest BCUT2D eigenvalue weighted by Crippen LogP contribution is 2.16. The average molecular weight is 226 g/mol. The van der Waals surface area contributed by atoms with Crippen LogP contribution in [0.1, 0.15) is 5.56 Å². The van der Waals surface area contributed by atoms with Crippen molar-refractivity contribution in [3.63, 3.8) is 0 Å². The predicted molar refractivity (Wildman–Crippen MR) is 65.4 cm³/mol. The van der Waals surface area contributed by atoms with Crippen LogP contribution in [0.15, 0.2) is 41.3 Å². The highest BCUT2D eigenvalue weighted by atomic mass is 16.3. The van der Waals surface area contributed by atoms with Crippen LogP contribution >= 0.6 is 0 Å². The zero-order valence-electron chi connectivity index (χ0n) is 9.21. The summed E-state index contributed by atoms with van der Waals surface area (Å²) in [7, 11) is 0. The summed E-state index contributed by atoms with van der Waals surface area (Å²) >= 11 is 0. The monoisotopic (exact) mass is 226 g/mol. The molecular weight excluding hydrogens is 216 g/mol. The first-order valence-electron chi connectivity index (χ1n) is 5.27. The quantitative estimate of drug-likeness (QED) is 0.636. The minimum absolute atomic E-state index is 0.260. The Bertz CT molecular complexity index is 790. The highest BCUT2D eigenvalue weighted by Gasteiger charge is 2.05. The van der Waals surface area contributed by atoms with E-state index in [4.69, 9.17) is 0 Å². The Labute approximate surface area is 96.8 Å². The first kappa shape index (κ1) is 9.84. The molecule has 0 aliphatic carbocycles. The molecule has 0 atom stereocenters. The molecule has 4 nitrogen and oxygen atoms in total. The third-order valence-corrected chi connectivity index (χ3v) is 2.75. The first-order chi connectivity index (χ1) is 8.15. The maximum Gasteiger partial charge on any atom is 0.222 e. The number of imidazole rings is 1. The standard InChI is InChI=1S/C13H10N2O2/c1-8-2-5-13-14-9-3-4-11(16)12(17)6-10(9)15(13)7-8/h2-7H,1H3,(H,16,17). The smallest absolute Gasteiger partial charge is 0.222 e. The van der Waals surface area contributed by atoms with Gasteiger partial charge in [0, 0.05) is 12.3 Å². The highest BCUT2D eigenvalue weighted by molar-refractivity contribution is 5.80. The molecule has 17 heavy (non-hydrogen) atoms. The van der Waals surface area contributed by atoms with E-state index in [1.54, 1.807) is 6.07 Å². The Morgan fingerprint density at radius 3 is 2.88 bits per heavy atom. The molecule has 0 unspecified atom stereocenters. The van der Waals surface area contributed by atoms with E-state index in [0.717, 1.165) is 11.2 Å². The number of fused-ring (bicyclic) bond motifs is 3. The van der Waals surface area contributed by atoms with Crippen molar-refractivity contribution in [2.45, 2.75) is 6.92 Å². The fourth-order valence-corrected chi connectivity index (χ4v) is 1.89. The van der Waals surface area contributed by atoms with Crippen molar-refractivity contribution < 1.29 is 5.11 Å². The summed E-state index contributed by atoms with van der Waals surface area (Å²) in [6, 6.07) is 8.30. The van der Waals surface area contributed by atoms with Crippen LogP contribution in [-0.4, -0.2) is 14.5 Å². The van der Waals surface area contributed by atoms with Crippen LogP contribution < -0.4 is 5.43 Å². The summed E-state index contributed by atoms with van der Waals surface area (Å²) in [5.74, 6) is -0.260. The zero-order chi connectivity index (χ0) is 12.0. The predicted octanol–water partition coefficient (Wildman–Crippen LogP) is 1.86. The number of hydrogen-bond donors (Lipinski definition) is 1. The number of aryl methyl sites for hydroxylation is 1. The molecule has 0 saturated heterocycles. The molecule has 3 rings (SSSR count). The summed E-state index contributed by atoms with van der Waals surface area (Å²) in [5.41, 5.74) is 2.86. The average Bonchev–Trinajstić information content (AvgIpc) is 2.57. The molecule has 0 fully saturated rings. The van der Waals surface area contributed by atoms with E-state index < -0.39 is 5.43 Å². The number of rotatable bonds is 0. The lowest BCUT2D eigenvalue weighted by Crippen LogP contribution is -1.94. The number of aromatic nitrogens is 2. The summed E-state index contributed by atoms with van der Waals surface area (Å²) in [5, 5.41) is 9.39. The van der Waals surface area contributed by atoms with Crippen LogP contribution in [0.5, 0.6) is 5.75 Å². The lowest BCUT2D eigenvalue weighted by molar-refractivity contribution is 0.471. The van der Waals surface area contributed by atoms with Crippen LogP contribution in [0, 0.1) is 6.92 Å². The molecule has 0 aliphatic rings. The minimum atomic E-state index is -0.400. The van der Waals surface area contributed by atoms with Crippen LogP contribution in [0.25, 0.3) is 16.7 Å². The second kappa shape index (κ2) is 3.31. The molecule has 0 spiro atoms. The Hall–Kier alpha value is -2.36. The molecule has 2 aromatic heterocycles. The molecular formula is C13H10N2O2. The third kappa shape index (κ3) is 1.45. The summed E-state index contributed by atoms with van der Waals surface area (Å²) < 4.78 is 1.85. The lowest BCUT2D eigenvalue weighted by Gasteiger charge is -1.95. The number of hydrogen-bond acceptors (Lipinski definition) is 3. The van der Waals surface area contributed by atoms with Crippen molar-refractivity contribution in [1.82, 2.24) is 9.38 Å². The SMILES string of the molecule is Cc1ccc2nc3ccc(O)c(=O)cc3n2c1. The largest absolute Gasteiger partial charge is 0.504 e. The van der Waals surface area contributed by atoms with Gasteiger partial charge in [0.15, 0.2) is 5.75 Å². The molecule has 84 valence electrons. The van der Waals surface area contributed by atoms with E-state index in [9.17, 15) is 9.90 Å². The zero-order valence-corrected chi connectivity index (χ0v) is 9.21. The van der Waals surface area contributed by atoms with E-state index >= 15 is 0 Å². The van der Waals surface area contributed by atoms with Gasteiger partial charge in [-0.15, -0.1) is 0 Å². The van der Waals surface area contributed by atoms with Gasteiger partial charge in [0.25, 0.3) is 0 Å². The van der Waals surface area contributed by atoms with E-state index in [0.29, 0.717) is 11.0 Å². The summed E-state index contributed by atoms with van der Waals surface area (Å²) in [6.07, 6.45) is 1.92. The number of nitrogens with zero attached hydrogens (tertiary/aromatic N) is 2. The van der Waals surface area contributed by atoms with Crippen LogP contribution in [0.4, 0.5) is 0 Å². The molecule has 0 amide bonds. The maximum atomic E-state index is 11.6. The number of aromatic hydroxyl groups is 1. The van der Waals surface area contributed by atoms with Gasteiger partial charge in [0.05, 0.1) is 11.0 Å². The first-order valence-corrected chi connectivity index (χ1v) is 5.27. The van der Waals surface area contributed by atoms with E-state index in [-0.39, 0.29) is 5.75 Å². The molecule has 2 heterocycles. The minimum Gasteiger partial charge on any atom is -0.504 e. The van der Waals surface area contributed by atoms with Crippen LogP contribution in [-0.2, 0) is 0 Å². The van der Waals surface area contributed by atoms with Crippen molar-refractivity contribution in [3.8, 4) is 5.75 Å². The molecule has 1 aromatic carbocycles. The molecule has 3 aromatic rings. The number of pyridine rings is 1. The van der Waals surface area contributed by atoms with Gasteiger partial charge in [0.1, 0.15) is 5.65 Å². The lowest BCUT2D eigenvalue weighted by atomic mass is 10.3. The van der Waals surface area contributed by atoms with Crippen LogP contribution in [0.3, 0.4) is 0 Å². The Balaban J connectivity index is 2.59. The summed E-state index contributed by atoms with van der Waals surface area (Å²) in [6.45, 7) is 1.98. The molecule has 4 heteroatoms. The van der Waals surface area contributed by atoms with Crippen molar-refractivity contribution in [2.24, 2.45) is 0 Å². The maximum absolute atomic E-state index is 11.6. The molecule has 1 N–H and O–H groups in total. The summed E-state index contributed by atoms with van der Waals surface area (Å²) in [4.78, 5) is 16.0. The fourth-order valence-electron chi connectivity index (χ4n) is 1.89. The van der Waals surface area contributed by atoms with E-state index in [1.807, 2.05) is 29.7 Å².